The number of anilines is 1. The van der Waals surface area contributed by atoms with Crippen molar-refractivity contribution in [3.05, 3.63) is 91.9 Å². The summed E-state index contributed by atoms with van der Waals surface area (Å²) < 4.78 is 12.0. The van der Waals surface area contributed by atoms with Crippen molar-refractivity contribution < 1.29 is 19.1 Å². The van der Waals surface area contributed by atoms with Gasteiger partial charge in [0.15, 0.2) is 16.6 Å². The second-order valence-electron chi connectivity index (χ2n) is 7.35. The van der Waals surface area contributed by atoms with Gasteiger partial charge < -0.3 is 9.47 Å². The number of carbonyl (C=O) groups is 2. The van der Waals surface area contributed by atoms with E-state index >= 15 is 0 Å². The SMILES string of the molecule is COc1cc(/C=C2\C(=O)NC(=S)N(c3cccc(Cl)c3)C2=O)cc(Br)c1OCc1ccccc1Cl. The molecule has 1 saturated heterocycles. The number of methoxy groups -OCH3 is 1. The Morgan fingerprint density at radius 3 is 2.57 bits per heavy atom. The number of rotatable bonds is 6. The molecule has 0 radical (unpaired) electrons. The molecule has 10 heteroatoms. The summed E-state index contributed by atoms with van der Waals surface area (Å²) in [7, 11) is 1.50. The molecule has 0 bridgehead atoms. The fraction of sp³-hybridized carbons (Fsp3) is 0.0800. The molecule has 1 aliphatic rings. The second-order valence-corrected chi connectivity index (χ2v) is 9.44. The minimum absolute atomic E-state index is 0.0264. The van der Waals surface area contributed by atoms with Crippen LogP contribution in [-0.4, -0.2) is 24.0 Å². The average Bonchev–Trinajstić information content (AvgIpc) is 2.81. The molecule has 35 heavy (non-hydrogen) atoms. The van der Waals surface area contributed by atoms with Crippen molar-refractivity contribution in [3.63, 3.8) is 0 Å². The maximum absolute atomic E-state index is 13.2. The third kappa shape index (κ3) is 5.51. The van der Waals surface area contributed by atoms with Gasteiger partial charge in [-0.1, -0.05) is 47.5 Å². The Balaban J connectivity index is 1.65. The molecule has 178 valence electrons. The van der Waals surface area contributed by atoms with Crippen molar-refractivity contribution in [3.8, 4) is 11.5 Å². The summed E-state index contributed by atoms with van der Waals surface area (Å²) in [6.07, 6.45) is 1.46. The number of halogens is 3. The van der Waals surface area contributed by atoms with Gasteiger partial charge in [0, 0.05) is 15.6 Å². The molecular weight excluding hydrogens is 575 g/mol. The van der Waals surface area contributed by atoms with Crippen LogP contribution in [0.5, 0.6) is 11.5 Å². The first-order valence-corrected chi connectivity index (χ1v) is 12.1. The fourth-order valence-electron chi connectivity index (χ4n) is 3.40. The van der Waals surface area contributed by atoms with Crippen molar-refractivity contribution >= 4 is 80.0 Å². The maximum atomic E-state index is 13.2. The number of ether oxygens (including phenoxy) is 2. The fourth-order valence-corrected chi connectivity index (χ4v) is 4.63. The van der Waals surface area contributed by atoms with E-state index in [0.29, 0.717) is 37.3 Å². The molecule has 0 aromatic heterocycles. The quantitative estimate of drug-likeness (QED) is 0.211. The Bertz CT molecular complexity index is 1380. The minimum atomic E-state index is -0.604. The zero-order valence-electron chi connectivity index (χ0n) is 18.2. The largest absolute Gasteiger partial charge is 0.493 e. The van der Waals surface area contributed by atoms with Crippen LogP contribution in [-0.2, 0) is 16.2 Å². The molecule has 4 rings (SSSR count). The van der Waals surface area contributed by atoms with E-state index in [1.54, 1.807) is 42.5 Å². The molecule has 1 aliphatic heterocycles. The number of hydrogen-bond donors (Lipinski definition) is 1. The van der Waals surface area contributed by atoms with Gasteiger partial charge in [0.2, 0.25) is 0 Å². The van der Waals surface area contributed by atoms with Crippen molar-refractivity contribution in [1.29, 1.82) is 0 Å². The predicted molar refractivity (Wildman–Crippen MR) is 144 cm³/mol. The number of carbonyl (C=O) groups excluding carboxylic acids is 2. The highest BCUT2D eigenvalue weighted by atomic mass is 79.9. The lowest BCUT2D eigenvalue weighted by atomic mass is 10.1. The van der Waals surface area contributed by atoms with Gasteiger partial charge in [-0.15, -0.1) is 0 Å². The highest BCUT2D eigenvalue weighted by Gasteiger charge is 2.34. The number of hydrogen-bond acceptors (Lipinski definition) is 5. The molecule has 2 amide bonds. The number of thiocarbonyl (C=S) groups is 1. The van der Waals surface area contributed by atoms with Gasteiger partial charge in [0.25, 0.3) is 11.8 Å². The molecule has 3 aromatic carbocycles. The second kappa shape index (κ2) is 10.8. The van der Waals surface area contributed by atoms with E-state index in [9.17, 15) is 9.59 Å². The summed E-state index contributed by atoms with van der Waals surface area (Å²) in [5.41, 5.74) is 1.70. The standard InChI is InChI=1S/C25H17BrCl2N2O4S/c1-33-21-11-14(10-19(26)22(21)34-13-15-5-2-3-8-20(15)28)9-18-23(31)29-25(35)30(24(18)32)17-7-4-6-16(27)12-17/h2-12H,13H2,1H3,(H,29,31,35)/b18-9+. The molecule has 0 spiro atoms. The Morgan fingerprint density at radius 2 is 1.86 bits per heavy atom. The van der Waals surface area contributed by atoms with E-state index in [0.717, 1.165) is 5.56 Å². The van der Waals surface area contributed by atoms with Crippen LogP contribution in [0.1, 0.15) is 11.1 Å². The van der Waals surface area contributed by atoms with E-state index in [4.69, 9.17) is 44.9 Å². The van der Waals surface area contributed by atoms with E-state index in [1.807, 2.05) is 18.2 Å². The molecular formula is C25H17BrCl2N2O4S. The summed E-state index contributed by atoms with van der Waals surface area (Å²) in [6, 6.07) is 17.4. The number of nitrogens with one attached hydrogen (secondary N) is 1. The van der Waals surface area contributed by atoms with Crippen LogP contribution < -0.4 is 19.7 Å². The van der Waals surface area contributed by atoms with Crippen molar-refractivity contribution in [2.24, 2.45) is 0 Å². The van der Waals surface area contributed by atoms with Crippen molar-refractivity contribution in [2.75, 3.05) is 12.0 Å². The van der Waals surface area contributed by atoms with Crippen LogP contribution in [0.25, 0.3) is 6.08 Å². The van der Waals surface area contributed by atoms with Crippen LogP contribution in [0.4, 0.5) is 5.69 Å². The lowest BCUT2D eigenvalue weighted by Crippen LogP contribution is -2.54. The van der Waals surface area contributed by atoms with Gasteiger partial charge in [0.05, 0.1) is 17.3 Å². The lowest BCUT2D eigenvalue weighted by Gasteiger charge is -2.29. The molecule has 0 atom stereocenters. The maximum Gasteiger partial charge on any atom is 0.270 e. The monoisotopic (exact) mass is 590 g/mol. The molecule has 6 nitrogen and oxygen atoms in total. The number of nitrogens with zero attached hydrogens (tertiary/aromatic N) is 1. The van der Waals surface area contributed by atoms with Gasteiger partial charge in [-0.3, -0.25) is 19.8 Å². The zero-order valence-corrected chi connectivity index (χ0v) is 22.1. The highest BCUT2D eigenvalue weighted by Crippen LogP contribution is 2.38. The van der Waals surface area contributed by atoms with Crippen LogP contribution in [0.2, 0.25) is 10.0 Å². The first-order valence-electron chi connectivity index (χ1n) is 10.2. The molecule has 3 aromatic rings. The van der Waals surface area contributed by atoms with Crippen LogP contribution >= 0.6 is 51.3 Å². The van der Waals surface area contributed by atoms with E-state index < -0.39 is 11.8 Å². The smallest absolute Gasteiger partial charge is 0.270 e. The van der Waals surface area contributed by atoms with Gasteiger partial charge in [-0.25, -0.2) is 0 Å². The molecule has 0 unspecified atom stereocenters. The predicted octanol–water partition coefficient (Wildman–Crippen LogP) is 6.17. The molecule has 1 heterocycles. The highest BCUT2D eigenvalue weighted by molar-refractivity contribution is 9.10. The van der Waals surface area contributed by atoms with Gasteiger partial charge in [0.1, 0.15) is 12.2 Å². The molecule has 1 fully saturated rings. The third-order valence-electron chi connectivity index (χ3n) is 5.06. The first kappa shape index (κ1) is 25.2. The summed E-state index contributed by atoms with van der Waals surface area (Å²) >= 11 is 21.0. The van der Waals surface area contributed by atoms with Crippen LogP contribution in [0.15, 0.2) is 70.7 Å². The Hall–Kier alpha value is -2.91. The normalized spacial score (nSPS) is 14.8. The van der Waals surface area contributed by atoms with E-state index in [-0.39, 0.29) is 17.3 Å². The number of amides is 2. The van der Waals surface area contributed by atoms with Gasteiger partial charge in [-0.05, 0) is 76.2 Å². The third-order valence-corrected chi connectivity index (χ3v) is 6.54. The summed E-state index contributed by atoms with van der Waals surface area (Å²) in [5.74, 6) is -0.317. The molecule has 1 N–H and O–H groups in total. The lowest BCUT2D eigenvalue weighted by molar-refractivity contribution is -0.122. The average molecular weight is 592 g/mol. The summed E-state index contributed by atoms with van der Waals surface area (Å²) in [4.78, 5) is 27.1. The Labute approximate surface area is 225 Å². The number of benzene rings is 3. The van der Waals surface area contributed by atoms with Gasteiger partial charge >= 0.3 is 0 Å². The topological polar surface area (TPSA) is 67.9 Å². The van der Waals surface area contributed by atoms with Gasteiger partial charge in [-0.2, -0.15) is 0 Å². The molecule has 0 aliphatic carbocycles. The Morgan fingerprint density at radius 1 is 1.09 bits per heavy atom. The van der Waals surface area contributed by atoms with E-state index in [1.165, 1.54) is 18.1 Å². The van der Waals surface area contributed by atoms with Crippen LogP contribution in [0, 0.1) is 0 Å². The van der Waals surface area contributed by atoms with Crippen molar-refractivity contribution in [2.45, 2.75) is 6.61 Å². The Kier molecular flexibility index (Phi) is 7.76. The minimum Gasteiger partial charge on any atom is -0.493 e. The summed E-state index contributed by atoms with van der Waals surface area (Å²) in [5, 5.41) is 3.55. The van der Waals surface area contributed by atoms with Crippen molar-refractivity contribution in [1.82, 2.24) is 5.32 Å². The summed E-state index contributed by atoms with van der Waals surface area (Å²) in [6.45, 7) is 0.224. The molecule has 0 saturated carbocycles. The first-order chi connectivity index (χ1) is 16.8. The van der Waals surface area contributed by atoms with Crippen LogP contribution in [0.3, 0.4) is 0 Å². The zero-order chi connectivity index (χ0) is 25.1. The van der Waals surface area contributed by atoms with E-state index in [2.05, 4.69) is 21.2 Å².